The minimum atomic E-state index is -1.73. The quantitative estimate of drug-likeness (QED) is 0.0494. The Morgan fingerprint density at radius 2 is 1.00 bits per heavy atom. The molecule has 1 fully saturated rings. The van der Waals surface area contributed by atoms with Crippen LogP contribution in [-0.2, 0) is 71.7 Å². The molecule has 0 aliphatic carbocycles. The van der Waals surface area contributed by atoms with E-state index >= 15 is 38.4 Å². The molecule has 0 saturated carbocycles. The number of unbranched alkanes of at least 4 members (excludes halogenated alkanes) is 1. The van der Waals surface area contributed by atoms with Crippen molar-refractivity contribution in [3.63, 3.8) is 0 Å². The fraction of sp³-hybridized carbons (Fsp3) is 0.746. The van der Waals surface area contributed by atoms with Crippen molar-refractivity contribution >= 4 is 70.9 Å². The Morgan fingerprint density at radius 1 is 0.531 bits per heavy atom. The number of hydrogen-bond donors (Lipinski definition) is 5. The Labute approximate surface area is 584 Å². The highest BCUT2D eigenvalue weighted by Crippen LogP contribution is 2.26. The molecule has 5 N–H and O–H groups in total. The number of allylic oxidation sites excluding steroid dienone is 1. The highest BCUT2D eigenvalue weighted by atomic mass is 16.5. The fourth-order valence-corrected chi connectivity index (χ4v) is 12.0. The molecule has 1 rings (SSSR count). The van der Waals surface area contributed by atoms with Gasteiger partial charge in [0.1, 0.15) is 66.5 Å². The average Bonchev–Trinajstić information content (AvgIpc) is 0.804. The number of carbonyl (C=O) groups excluding carboxylic acids is 12. The summed E-state index contributed by atoms with van der Waals surface area (Å²) in [4.78, 5) is 185. The van der Waals surface area contributed by atoms with Gasteiger partial charge in [-0.05, 0) is 95.8 Å². The van der Waals surface area contributed by atoms with Crippen molar-refractivity contribution in [3.05, 3.63) is 37.5 Å². The average molecular weight is 1390 g/mol. The van der Waals surface area contributed by atoms with Crippen LogP contribution in [0.25, 0.3) is 0 Å². The van der Waals surface area contributed by atoms with Gasteiger partial charge in [-0.1, -0.05) is 107 Å². The van der Waals surface area contributed by atoms with Crippen LogP contribution < -0.4 is 21.3 Å². The number of aliphatic hydroxyl groups is 1. The lowest BCUT2D eigenvalue weighted by Gasteiger charge is -2.41. The van der Waals surface area contributed by atoms with Crippen LogP contribution in [0.4, 0.5) is 0 Å². The van der Waals surface area contributed by atoms with Gasteiger partial charge in [-0.15, -0.1) is 13.2 Å². The van der Waals surface area contributed by atoms with Crippen molar-refractivity contribution in [2.45, 2.75) is 235 Å². The second-order valence-electron chi connectivity index (χ2n) is 28.0. The van der Waals surface area contributed by atoms with E-state index < -0.39 is 174 Å². The van der Waals surface area contributed by atoms with Crippen molar-refractivity contribution in [2.75, 3.05) is 75.3 Å². The Morgan fingerprint density at radius 3 is 1.49 bits per heavy atom. The summed E-state index contributed by atoms with van der Waals surface area (Å²) in [5.74, 6) is -11.6. The molecule has 1 aliphatic heterocycles. The van der Waals surface area contributed by atoms with Crippen LogP contribution in [0.3, 0.4) is 0 Å². The lowest BCUT2D eigenvalue weighted by molar-refractivity contribution is -0.158. The third-order valence-electron chi connectivity index (χ3n) is 17.7. The van der Waals surface area contributed by atoms with Crippen molar-refractivity contribution in [1.82, 2.24) is 55.6 Å². The topological polar surface area (TPSA) is 324 Å². The SMILES string of the molecule is C=CCOC[C@@H]1C(=O)N(C)C([C@@H](C)OCCCCOC(C)=O)C(=O)N[C@@H](C(C)C)C(=O)N(C)[C@@H](CC(C)C)C(=O)N[C@@H](C)C(=O)N[C@H](C)C(=O)N(C)[C@@H](CC(C)C)C(=O)N(C)[C@@H](CC(C)C)C(=O)N(C)[C@@H](C(C)C)C(=O)N(C)[C@@H]([C@H](O)[C@H](C)/C=C/C)C(=O)N[C@@H](CC)C(=O)N1CC=C. The molecule has 1 unspecified atom stereocenters. The highest BCUT2D eigenvalue weighted by molar-refractivity contribution is 6.00. The minimum Gasteiger partial charge on any atom is -0.466 e. The van der Waals surface area contributed by atoms with Crippen molar-refractivity contribution < 1.29 is 76.9 Å². The molecule has 1 saturated heterocycles. The van der Waals surface area contributed by atoms with Gasteiger partial charge in [-0.25, -0.2) is 0 Å². The van der Waals surface area contributed by atoms with E-state index in [1.165, 1.54) is 94.8 Å². The maximum absolute atomic E-state index is 15.6. The lowest BCUT2D eigenvalue weighted by Crippen LogP contribution is -2.65. The first kappa shape index (κ1) is 88.8. The van der Waals surface area contributed by atoms with E-state index in [2.05, 4.69) is 34.4 Å². The Balaban J connectivity index is 4.66. The Kier molecular flexibility index (Phi) is 38.6. The Hall–Kier alpha value is -7.26. The number of ether oxygens (including phenoxy) is 3. The highest BCUT2D eigenvalue weighted by Gasteiger charge is 2.47. The van der Waals surface area contributed by atoms with Crippen LogP contribution in [0.2, 0.25) is 0 Å². The van der Waals surface area contributed by atoms with E-state index in [9.17, 15) is 24.3 Å². The predicted molar refractivity (Wildman–Crippen MR) is 375 cm³/mol. The predicted octanol–water partition coefficient (Wildman–Crippen LogP) is 3.71. The van der Waals surface area contributed by atoms with Gasteiger partial charge in [0, 0.05) is 68.3 Å². The number of nitrogens with zero attached hydrogens (tertiary/aromatic N) is 7. The number of carbonyl (C=O) groups is 12. The van der Waals surface area contributed by atoms with Gasteiger partial charge in [-0.2, -0.15) is 0 Å². The number of amides is 11. The van der Waals surface area contributed by atoms with Gasteiger partial charge in [0.15, 0.2) is 0 Å². The molecule has 0 bridgehead atoms. The second-order valence-corrected chi connectivity index (χ2v) is 28.0. The van der Waals surface area contributed by atoms with E-state index in [1.807, 2.05) is 41.5 Å². The number of hydrogen-bond acceptors (Lipinski definition) is 16. The summed E-state index contributed by atoms with van der Waals surface area (Å²) in [5, 5.41) is 23.2. The molecule has 0 radical (unpaired) electrons. The summed E-state index contributed by atoms with van der Waals surface area (Å²) in [6, 6.07) is -15.2. The molecule has 27 nitrogen and oxygen atoms in total. The molecule has 0 aromatic heterocycles. The lowest BCUT2D eigenvalue weighted by atomic mass is 9.93. The van der Waals surface area contributed by atoms with E-state index in [4.69, 9.17) is 14.2 Å². The molecular formula is C71H123N11O16. The Bertz CT molecular complexity index is 2720. The van der Waals surface area contributed by atoms with E-state index in [0.29, 0.717) is 12.8 Å². The third kappa shape index (κ3) is 25.8. The number of aliphatic hydroxyl groups excluding tert-OH is 1. The van der Waals surface area contributed by atoms with Gasteiger partial charge in [0.25, 0.3) is 0 Å². The maximum atomic E-state index is 15.6. The smallest absolute Gasteiger partial charge is 0.302 e. The second kappa shape index (κ2) is 42.6. The zero-order valence-electron chi connectivity index (χ0n) is 63.2. The number of nitrogens with one attached hydrogen (secondary N) is 4. The van der Waals surface area contributed by atoms with Crippen LogP contribution in [0.5, 0.6) is 0 Å². The van der Waals surface area contributed by atoms with Crippen LogP contribution in [0.1, 0.15) is 156 Å². The largest absolute Gasteiger partial charge is 0.466 e. The molecule has 11 amide bonds. The maximum Gasteiger partial charge on any atom is 0.302 e. The monoisotopic (exact) mass is 1390 g/mol. The van der Waals surface area contributed by atoms with Crippen molar-refractivity contribution in [1.29, 1.82) is 0 Å². The summed E-state index contributed by atoms with van der Waals surface area (Å²) < 4.78 is 17.3. The molecule has 27 heteroatoms. The number of rotatable bonds is 25. The first-order valence-corrected chi connectivity index (χ1v) is 34.6. The van der Waals surface area contributed by atoms with Gasteiger partial charge in [-0.3, -0.25) is 57.5 Å². The van der Waals surface area contributed by atoms with Gasteiger partial charge in [0.2, 0.25) is 65.0 Å². The molecule has 98 heavy (non-hydrogen) atoms. The number of likely N-dealkylation sites (N-methyl/N-ethyl adjacent to an activating group) is 6. The molecule has 558 valence electrons. The van der Waals surface area contributed by atoms with Crippen molar-refractivity contribution in [2.24, 2.45) is 35.5 Å². The third-order valence-corrected chi connectivity index (χ3v) is 17.7. The van der Waals surface area contributed by atoms with Gasteiger partial charge in [0.05, 0.1) is 32.0 Å². The molecular weight excluding hydrogens is 1260 g/mol. The van der Waals surface area contributed by atoms with Crippen LogP contribution >= 0.6 is 0 Å². The first-order chi connectivity index (χ1) is 45.6. The molecule has 0 spiro atoms. The summed E-state index contributed by atoms with van der Waals surface area (Å²) in [6.07, 6.45) is 4.24. The summed E-state index contributed by atoms with van der Waals surface area (Å²) in [5.41, 5.74) is 0. The van der Waals surface area contributed by atoms with E-state index in [-0.39, 0.29) is 69.8 Å². The summed E-state index contributed by atoms with van der Waals surface area (Å²) in [6.45, 7) is 35.2. The molecule has 0 aromatic rings. The van der Waals surface area contributed by atoms with E-state index in [1.54, 1.807) is 67.5 Å². The van der Waals surface area contributed by atoms with Crippen molar-refractivity contribution in [3.8, 4) is 0 Å². The van der Waals surface area contributed by atoms with Crippen LogP contribution in [0.15, 0.2) is 37.5 Å². The molecule has 1 aliphatic rings. The normalized spacial score (nSPS) is 25.8. The van der Waals surface area contributed by atoms with Gasteiger partial charge >= 0.3 is 5.97 Å². The van der Waals surface area contributed by atoms with E-state index in [0.717, 1.165) is 14.7 Å². The first-order valence-electron chi connectivity index (χ1n) is 34.6. The summed E-state index contributed by atoms with van der Waals surface area (Å²) in [7, 11) is 8.30. The summed E-state index contributed by atoms with van der Waals surface area (Å²) >= 11 is 0. The number of esters is 1. The molecule has 1 heterocycles. The minimum absolute atomic E-state index is 0.0100. The van der Waals surface area contributed by atoms with Crippen LogP contribution in [0, 0.1) is 35.5 Å². The fourth-order valence-electron chi connectivity index (χ4n) is 12.0. The standard InChI is InChI=1S/C71H123N11O16/c1-26-32-46(15)60(84)59-64(88)74-51(29-4)66(90)82(33-27-2)55(40-96-34-28-3)69(93)80(24)58(49(18)97-35-30-31-36-98-50(19)83)63(87)75-56(44(11)12)70(94)76(20)52(37-41(5)6)62(86)72-47(16)61(85)73-48(17)65(89)77(21)53(38-42(7)8)67(91)78(22)54(39-43(9)10)68(92)79(23)57(45(13)14)71(95)81(59)25/h26-28,32,41-49,51-60,84H,2-3,29-31,33-40H2,1,4-25H3,(H,72,86)(H,73,85)(H,74,88)(H,75,87)/b32-26+/t46-,47+,48-,49-,51+,52+,53+,54+,55-,56+,57+,58?,59+,60-/m1/s1. The zero-order chi connectivity index (χ0) is 75.5. The molecule has 14 atom stereocenters. The van der Waals surface area contributed by atoms with Gasteiger partial charge < -0.3 is 74.9 Å². The zero-order valence-corrected chi connectivity index (χ0v) is 63.2. The molecule has 0 aromatic carbocycles. The van der Waals surface area contributed by atoms with Crippen LogP contribution in [-0.4, -0.2) is 264 Å².